The highest BCUT2D eigenvalue weighted by Crippen LogP contribution is 2.53. The topological polar surface area (TPSA) is 64.6 Å². The summed E-state index contributed by atoms with van der Waals surface area (Å²) in [5, 5.41) is 1.71. The Kier molecular flexibility index (Phi) is 9.75. The highest BCUT2D eigenvalue weighted by molar-refractivity contribution is 5.98. The van der Waals surface area contributed by atoms with Gasteiger partial charge >= 0.3 is 0 Å². The molecule has 0 amide bonds. The number of benzene rings is 8. The first-order valence-corrected chi connectivity index (χ1v) is 20.3. The van der Waals surface area contributed by atoms with Gasteiger partial charge in [0.15, 0.2) is 11.2 Å². The van der Waals surface area contributed by atoms with Gasteiger partial charge in [-0.3, -0.25) is 0 Å². The minimum atomic E-state index is -1.19. The number of fused-ring (bicyclic) bond motifs is 6. The fourth-order valence-electron chi connectivity index (χ4n) is 8.65. The maximum Gasteiger partial charge on any atom is 0.178 e. The third kappa shape index (κ3) is 6.55. The fourth-order valence-corrected chi connectivity index (χ4v) is 8.65. The van der Waals surface area contributed by atoms with Gasteiger partial charge in [0.2, 0.25) is 0 Å². The van der Waals surface area contributed by atoms with Crippen molar-refractivity contribution in [1.82, 2.24) is 0 Å². The van der Waals surface area contributed by atoms with E-state index in [4.69, 9.17) is 33.2 Å². The van der Waals surface area contributed by atoms with E-state index in [-0.39, 0.29) is 0 Å². The fraction of sp³-hybridized carbons (Fsp3) is 0.111. The molecule has 2 aliphatic heterocycles. The number of rotatable bonds is 10. The average molecular weight is 839 g/mol. The van der Waals surface area contributed by atoms with Crippen molar-refractivity contribution >= 4 is 33.7 Å². The highest BCUT2D eigenvalue weighted by atomic mass is 19.1. The van der Waals surface area contributed by atoms with Crippen LogP contribution in [0.3, 0.4) is 0 Å². The lowest BCUT2D eigenvalue weighted by Crippen LogP contribution is -2.34. The van der Waals surface area contributed by atoms with Gasteiger partial charge in [-0.1, -0.05) is 72.8 Å². The SMILES string of the molecule is COc1ccc(C2(c3ccc(OC)cc3)C=Cc3c(Oc4cc5cccc(F)c5c5c4C=CC(c4ccc(OC)cc4)(c4ccc(OC)cc4)O5)cc4cccc(F)c4c3O2)cc1. The largest absolute Gasteiger partial charge is 0.497 e. The molecule has 0 fully saturated rings. The number of methoxy groups -OCH3 is 4. The maximum atomic E-state index is 16.2. The van der Waals surface area contributed by atoms with Crippen LogP contribution in [-0.4, -0.2) is 28.4 Å². The molecule has 10 rings (SSSR count). The monoisotopic (exact) mass is 838 g/mol. The van der Waals surface area contributed by atoms with Crippen molar-refractivity contribution in [2.45, 2.75) is 11.2 Å². The second kappa shape index (κ2) is 15.6. The Balaban J connectivity index is 1.16. The van der Waals surface area contributed by atoms with Gasteiger partial charge in [0.25, 0.3) is 0 Å². The molecule has 8 aromatic rings. The van der Waals surface area contributed by atoms with Crippen molar-refractivity contribution < 1.29 is 41.9 Å². The molecule has 8 aromatic carbocycles. The van der Waals surface area contributed by atoms with Crippen LogP contribution in [0.15, 0.2) is 158 Å². The minimum Gasteiger partial charge on any atom is -0.497 e. The summed E-state index contributed by atoms with van der Waals surface area (Å²) in [7, 11) is 6.45. The molecule has 0 aliphatic carbocycles. The smallest absolute Gasteiger partial charge is 0.178 e. The Hall–Kier alpha value is -7.78. The lowest BCUT2D eigenvalue weighted by atomic mass is 9.83. The van der Waals surface area contributed by atoms with Crippen molar-refractivity contribution in [3.63, 3.8) is 0 Å². The summed E-state index contributed by atoms with van der Waals surface area (Å²) in [4.78, 5) is 0. The van der Waals surface area contributed by atoms with Crippen LogP contribution < -0.4 is 33.2 Å². The molecule has 0 unspecified atom stereocenters. The third-order valence-corrected chi connectivity index (χ3v) is 11.9. The Morgan fingerprint density at radius 3 is 1.03 bits per heavy atom. The normalized spacial score (nSPS) is 14.3. The second-order valence-electron chi connectivity index (χ2n) is 15.3. The summed E-state index contributed by atoms with van der Waals surface area (Å²) in [6, 6.07) is 43.8. The van der Waals surface area contributed by atoms with E-state index in [0.717, 1.165) is 22.3 Å². The quantitative estimate of drug-likeness (QED) is 0.136. The van der Waals surface area contributed by atoms with E-state index in [9.17, 15) is 0 Å². The van der Waals surface area contributed by atoms with E-state index in [1.165, 1.54) is 12.1 Å². The zero-order valence-electron chi connectivity index (χ0n) is 34.8. The van der Waals surface area contributed by atoms with Gasteiger partial charge in [-0.2, -0.15) is 0 Å². The van der Waals surface area contributed by atoms with Crippen LogP contribution in [0, 0.1) is 11.6 Å². The molecule has 0 atom stereocenters. The predicted molar refractivity (Wildman–Crippen MR) is 241 cm³/mol. The Morgan fingerprint density at radius 1 is 0.413 bits per heavy atom. The van der Waals surface area contributed by atoms with Gasteiger partial charge in [0.05, 0.1) is 50.3 Å². The Bertz CT molecular complexity index is 2780. The molecule has 0 saturated heterocycles. The molecule has 0 saturated carbocycles. The summed E-state index contributed by atoms with van der Waals surface area (Å²) in [6.45, 7) is 0. The number of ether oxygens (including phenoxy) is 7. The van der Waals surface area contributed by atoms with Gasteiger partial charge in [-0.25, -0.2) is 8.78 Å². The molecule has 0 radical (unpaired) electrons. The lowest BCUT2D eigenvalue weighted by Gasteiger charge is -2.38. The minimum absolute atomic E-state index is 0.292. The third-order valence-electron chi connectivity index (χ3n) is 11.9. The van der Waals surface area contributed by atoms with E-state index in [0.29, 0.717) is 78.7 Å². The van der Waals surface area contributed by atoms with Gasteiger partial charge in [0, 0.05) is 22.3 Å². The summed E-state index contributed by atoms with van der Waals surface area (Å²) in [5.41, 5.74) is 1.80. The van der Waals surface area contributed by atoms with E-state index < -0.39 is 22.8 Å². The van der Waals surface area contributed by atoms with Crippen molar-refractivity contribution in [3.05, 3.63) is 203 Å². The van der Waals surface area contributed by atoms with Crippen molar-refractivity contribution in [3.8, 4) is 46.0 Å². The Morgan fingerprint density at radius 2 is 0.730 bits per heavy atom. The molecule has 9 heteroatoms. The van der Waals surface area contributed by atoms with E-state index >= 15 is 8.78 Å². The lowest BCUT2D eigenvalue weighted by molar-refractivity contribution is 0.162. The molecule has 312 valence electrons. The first-order chi connectivity index (χ1) is 30.8. The zero-order valence-corrected chi connectivity index (χ0v) is 34.8. The standard InChI is InChI=1S/C54H40F2O7/c1-57-39-19-11-35(12-20-39)53(36-13-21-40(58-2)22-14-36)29-27-43-47(31-33-7-5-9-45(55)49(33)51(43)62-53)61-48-32-34-8-6-10-46(56)50(34)52-44(48)28-30-54(63-52,37-15-23-41(59-3)24-16-37)38-17-25-42(60-4)26-18-38/h5-32H,1-4H3. The first-order valence-electron chi connectivity index (χ1n) is 20.3. The molecule has 63 heavy (non-hydrogen) atoms. The number of hydrogen-bond acceptors (Lipinski definition) is 7. The number of halogens is 2. The van der Waals surface area contributed by atoms with Crippen LogP contribution in [0.2, 0.25) is 0 Å². The van der Waals surface area contributed by atoms with Crippen molar-refractivity contribution in [2.75, 3.05) is 28.4 Å². The van der Waals surface area contributed by atoms with Crippen molar-refractivity contribution in [2.24, 2.45) is 0 Å². The molecule has 0 N–H and O–H groups in total. The first kappa shape index (κ1) is 39.4. The molecular formula is C54H40F2O7. The van der Waals surface area contributed by atoms with Crippen LogP contribution in [0.25, 0.3) is 33.7 Å². The molecular weight excluding hydrogens is 799 g/mol. The molecule has 0 bridgehead atoms. The average Bonchev–Trinajstić information content (AvgIpc) is 3.33. The molecule has 2 heterocycles. The van der Waals surface area contributed by atoms with Crippen LogP contribution in [-0.2, 0) is 11.2 Å². The molecule has 0 aromatic heterocycles. The van der Waals surface area contributed by atoms with Gasteiger partial charge in [-0.05, 0) is 108 Å². The summed E-state index contributed by atoms with van der Waals surface area (Å²) < 4.78 is 75.7. The second-order valence-corrected chi connectivity index (χ2v) is 15.3. The summed E-state index contributed by atoms with van der Waals surface area (Å²) >= 11 is 0. The van der Waals surface area contributed by atoms with E-state index in [1.807, 2.05) is 133 Å². The van der Waals surface area contributed by atoms with E-state index in [1.54, 1.807) is 52.7 Å². The van der Waals surface area contributed by atoms with Gasteiger partial charge < -0.3 is 33.2 Å². The molecule has 2 aliphatic rings. The van der Waals surface area contributed by atoms with Crippen LogP contribution in [0.1, 0.15) is 33.4 Å². The highest BCUT2D eigenvalue weighted by Gasteiger charge is 2.41. The van der Waals surface area contributed by atoms with Crippen LogP contribution in [0.5, 0.6) is 46.0 Å². The zero-order chi connectivity index (χ0) is 43.3. The van der Waals surface area contributed by atoms with Gasteiger partial charge in [-0.15, -0.1) is 0 Å². The van der Waals surface area contributed by atoms with Crippen molar-refractivity contribution in [1.29, 1.82) is 0 Å². The van der Waals surface area contributed by atoms with Gasteiger partial charge in [0.1, 0.15) is 57.6 Å². The Labute approximate surface area is 362 Å². The van der Waals surface area contributed by atoms with Crippen LogP contribution in [0.4, 0.5) is 8.78 Å². The number of hydrogen-bond donors (Lipinski definition) is 0. The van der Waals surface area contributed by atoms with E-state index in [2.05, 4.69) is 0 Å². The maximum absolute atomic E-state index is 16.2. The predicted octanol–water partition coefficient (Wildman–Crippen LogP) is 12.8. The van der Waals surface area contributed by atoms with Crippen LogP contribution >= 0.6 is 0 Å². The molecule has 0 spiro atoms. The molecule has 7 nitrogen and oxygen atoms in total. The summed E-state index contributed by atoms with van der Waals surface area (Å²) in [6.07, 6.45) is 7.72. The summed E-state index contributed by atoms with van der Waals surface area (Å²) in [5.74, 6) is 3.18.